The van der Waals surface area contributed by atoms with E-state index >= 15 is 0 Å². The normalized spacial score (nSPS) is 19.8. The van der Waals surface area contributed by atoms with Gasteiger partial charge in [0, 0.05) is 27.9 Å². The summed E-state index contributed by atoms with van der Waals surface area (Å²) in [6.45, 7) is 0. The van der Waals surface area contributed by atoms with Crippen LogP contribution in [0, 0.1) is 0 Å². The fraction of sp³-hybridized carbons (Fsp3) is 0.286. The van der Waals surface area contributed by atoms with Gasteiger partial charge in [-0.2, -0.15) is 0 Å². The summed E-state index contributed by atoms with van der Waals surface area (Å²) in [5.41, 5.74) is 1.29. The minimum atomic E-state index is -0.323. The Hall–Kier alpha value is -0.480. The largest absolute Gasteiger partial charge is 0.392 e. The van der Waals surface area contributed by atoms with Crippen molar-refractivity contribution >= 4 is 34.7 Å². The maximum absolute atomic E-state index is 10.4. The first kappa shape index (κ1) is 12.5. The van der Waals surface area contributed by atoms with Crippen molar-refractivity contribution in [1.82, 2.24) is 0 Å². The van der Waals surface area contributed by atoms with E-state index in [0.29, 0.717) is 6.42 Å². The van der Waals surface area contributed by atoms with Crippen molar-refractivity contribution in [2.45, 2.75) is 23.3 Å². The molecule has 0 bridgehead atoms. The summed E-state index contributed by atoms with van der Waals surface area (Å²) >= 11 is 9.31. The molecule has 2 aromatic rings. The monoisotopic (exact) mass is 296 g/mol. The maximum Gasteiger partial charge on any atom is 0.0931 e. The Morgan fingerprint density at radius 3 is 2.89 bits per heavy atom. The van der Waals surface area contributed by atoms with Gasteiger partial charge < -0.3 is 5.11 Å². The number of hydrogen-bond acceptors (Lipinski definition) is 3. The van der Waals surface area contributed by atoms with Crippen LogP contribution in [0.4, 0.5) is 0 Å². The number of hydrogen-bond donors (Lipinski definition) is 1. The second-order valence-electron chi connectivity index (χ2n) is 4.43. The van der Waals surface area contributed by atoms with Gasteiger partial charge in [0.25, 0.3) is 0 Å². The fourth-order valence-corrected chi connectivity index (χ4v) is 4.77. The lowest BCUT2D eigenvalue weighted by Crippen LogP contribution is -2.20. The lowest BCUT2D eigenvalue weighted by molar-refractivity contribution is 0.152. The number of thioether (sulfide) groups is 1. The highest BCUT2D eigenvalue weighted by Gasteiger charge is 2.29. The van der Waals surface area contributed by atoms with Gasteiger partial charge in [0.05, 0.1) is 10.4 Å². The summed E-state index contributed by atoms with van der Waals surface area (Å²) < 4.78 is 0.790. The smallest absolute Gasteiger partial charge is 0.0931 e. The molecule has 1 aliphatic heterocycles. The molecule has 2 heterocycles. The van der Waals surface area contributed by atoms with Crippen LogP contribution in [0.15, 0.2) is 41.3 Å². The molecule has 0 fully saturated rings. The van der Waals surface area contributed by atoms with Crippen LogP contribution in [0.25, 0.3) is 0 Å². The maximum atomic E-state index is 10.4. The lowest BCUT2D eigenvalue weighted by atomic mass is 9.93. The van der Waals surface area contributed by atoms with E-state index in [4.69, 9.17) is 11.6 Å². The highest BCUT2D eigenvalue weighted by molar-refractivity contribution is 7.99. The average Bonchev–Trinajstić information content (AvgIpc) is 2.95. The summed E-state index contributed by atoms with van der Waals surface area (Å²) in [4.78, 5) is 2.47. The minimum Gasteiger partial charge on any atom is -0.392 e. The second-order valence-corrected chi connectivity index (χ2v) is 7.29. The van der Waals surface area contributed by atoms with Crippen LogP contribution in [0.3, 0.4) is 0 Å². The van der Waals surface area contributed by atoms with Crippen LogP contribution in [0.1, 0.15) is 16.4 Å². The Kier molecular flexibility index (Phi) is 3.66. The third-order valence-electron chi connectivity index (χ3n) is 3.24. The summed E-state index contributed by atoms with van der Waals surface area (Å²) in [5.74, 6) is 1.21. The van der Waals surface area contributed by atoms with Gasteiger partial charge in [-0.05, 0) is 23.8 Å². The Labute approximate surface area is 120 Å². The van der Waals surface area contributed by atoms with Gasteiger partial charge >= 0.3 is 0 Å². The average molecular weight is 297 g/mol. The summed E-state index contributed by atoms with van der Waals surface area (Å²) in [7, 11) is 0. The molecule has 2 atom stereocenters. The van der Waals surface area contributed by atoms with E-state index in [9.17, 15) is 5.11 Å². The first-order valence-corrected chi connectivity index (χ1v) is 8.06. The minimum absolute atomic E-state index is 0.243. The van der Waals surface area contributed by atoms with Gasteiger partial charge in [-0.15, -0.1) is 23.1 Å². The van der Waals surface area contributed by atoms with E-state index < -0.39 is 0 Å². The third kappa shape index (κ3) is 2.45. The molecule has 0 saturated carbocycles. The predicted octanol–water partition coefficient (Wildman–Crippen LogP) is 4.19. The second kappa shape index (κ2) is 5.25. The molecule has 0 aliphatic carbocycles. The molecule has 1 N–H and O–H groups in total. The fourth-order valence-electron chi connectivity index (χ4n) is 2.32. The molecule has 1 aliphatic rings. The SMILES string of the molecule is OC(Cc1ccc(Cl)s1)C1CSc2ccccc21. The molecular weight excluding hydrogens is 284 g/mol. The highest BCUT2D eigenvalue weighted by Crippen LogP contribution is 2.41. The predicted molar refractivity (Wildman–Crippen MR) is 78.9 cm³/mol. The van der Waals surface area contributed by atoms with E-state index in [0.717, 1.165) is 15.0 Å². The van der Waals surface area contributed by atoms with Crippen molar-refractivity contribution < 1.29 is 5.11 Å². The third-order valence-corrected chi connectivity index (χ3v) is 5.70. The summed E-state index contributed by atoms with van der Waals surface area (Å²) in [5, 5.41) is 10.4. The number of fused-ring (bicyclic) bond motifs is 1. The molecule has 18 heavy (non-hydrogen) atoms. The van der Waals surface area contributed by atoms with Crippen LogP contribution in [-0.4, -0.2) is 17.0 Å². The standard InChI is InChI=1S/C14H13ClOS2/c15-14-6-5-9(18-14)7-12(16)11-8-17-13-4-2-1-3-10(11)13/h1-6,11-12,16H,7-8H2. The van der Waals surface area contributed by atoms with E-state index in [1.54, 1.807) is 11.3 Å². The molecule has 94 valence electrons. The van der Waals surface area contributed by atoms with Crippen LogP contribution in [0.5, 0.6) is 0 Å². The highest BCUT2D eigenvalue weighted by atomic mass is 35.5. The zero-order valence-electron chi connectivity index (χ0n) is 9.67. The number of thiophene rings is 1. The molecule has 0 saturated heterocycles. The molecule has 4 heteroatoms. The first-order valence-electron chi connectivity index (χ1n) is 5.88. The molecule has 1 aromatic heterocycles. The van der Waals surface area contributed by atoms with Crippen LogP contribution < -0.4 is 0 Å². The Balaban J connectivity index is 1.76. The van der Waals surface area contributed by atoms with E-state index in [1.807, 2.05) is 30.0 Å². The van der Waals surface area contributed by atoms with E-state index in [-0.39, 0.29) is 12.0 Å². The molecule has 2 unspecified atom stereocenters. The zero-order valence-corrected chi connectivity index (χ0v) is 12.1. The quantitative estimate of drug-likeness (QED) is 0.916. The van der Waals surface area contributed by atoms with Crippen LogP contribution in [-0.2, 0) is 6.42 Å². The molecule has 0 spiro atoms. The van der Waals surface area contributed by atoms with Crippen molar-refractivity contribution in [3.05, 3.63) is 51.2 Å². The number of halogens is 1. The van der Waals surface area contributed by atoms with Gasteiger partial charge in [-0.3, -0.25) is 0 Å². The number of aliphatic hydroxyl groups excluding tert-OH is 1. The number of rotatable bonds is 3. The van der Waals surface area contributed by atoms with Crippen molar-refractivity contribution in [2.75, 3.05) is 5.75 Å². The van der Waals surface area contributed by atoms with Gasteiger partial charge in [0.1, 0.15) is 0 Å². The van der Waals surface area contributed by atoms with Gasteiger partial charge in [0.2, 0.25) is 0 Å². The van der Waals surface area contributed by atoms with E-state index in [1.165, 1.54) is 10.5 Å². The molecule has 0 amide bonds. The molecule has 1 nitrogen and oxygen atoms in total. The van der Waals surface area contributed by atoms with E-state index in [2.05, 4.69) is 18.2 Å². The molecule has 1 aromatic carbocycles. The summed E-state index contributed by atoms with van der Waals surface area (Å²) in [6.07, 6.45) is 0.368. The Bertz CT molecular complexity index is 552. The topological polar surface area (TPSA) is 20.2 Å². The van der Waals surface area contributed by atoms with Crippen molar-refractivity contribution in [3.8, 4) is 0 Å². The molecular formula is C14H13ClOS2. The van der Waals surface area contributed by atoms with Gasteiger partial charge in [-0.25, -0.2) is 0 Å². The van der Waals surface area contributed by atoms with Crippen molar-refractivity contribution in [2.24, 2.45) is 0 Å². The van der Waals surface area contributed by atoms with Crippen molar-refractivity contribution in [3.63, 3.8) is 0 Å². The van der Waals surface area contributed by atoms with Gasteiger partial charge in [0.15, 0.2) is 0 Å². The number of aliphatic hydroxyl groups is 1. The van der Waals surface area contributed by atoms with Gasteiger partial charge in [-0.1, -0.05) is 29.8 Å². The Morgan fingerprint density at radius 2 is 2.11 bits per heavy atom. The number of benzene rings is 1. The van der Waals surface area contributed by atoms with Crippen molar-refractivity contribution in [1.29, 1.82) is 0 Å². The first-order chi connectivity index (χ1) is 8.74. The van der Waals surface area contributed by atoms with Crippen LogP contribution in [0.2, 0.25) is 4.34 Å². The lowest BCUT2D eigenvalue weighted by Gasteiger charge is -2.17. The Morgan fingerprint density at radius 1 is 1.28 bits per heavy atom. The molecule has 0 radical (unpaired) electrons. The molecule has 3 rings (SSSR count). The van der Waals surface area contributed by atoms with Crippen LogP contribution >= 0.6 is 34.7 Å². The zero-order chi connectivity index (χ0) is 12.5. The summed E-state index contributed by atoms with van der Waals surface area (Å²) in [6, 6.07) is 12.3.